The lowest BCUT2D eigenvalue weighted by Gasteiger charge is -2.15. The first kappa shape index (κ1) is 20.7. The van der Waals surface area contributed by atoms with E-state index in [2.05, 4.69) is 15.3 Å². The molecular formula is C23H21ClN4O3. The maximum Gasteiger partial charge on any atom is 0.255 e. The number of nitrogens with one attached hydrogen (secondary N) is 1. The summed E-state index contributed by atoms with van der Waals surface area (Å²) in [7, 11) is 3.13. The number of rotatable bonds is 6. The lowest BCUT2D eigenvalue weighted by Crippen LogP contribution is -2.23. The van der Waals surface area contributed by atoms with Crippen LogP contribution >= 0.6 is 11.6 Å². The van der Waals surface area contributed by atoms with Crippen LogP contribution in [0.15, 0.2) is 54.7 Å². The normalized spacial score (nSPS) is 10.8. The van der Waals surface area contributed by atoms with Gasteiger partial charge in [0, 0.05) is 18.8 Å². The molecule has 0 saturated carbocycles. The van der Waals surface area contributed by atoms with Crippen LogP contribution in [0, 0.1) is 6.92 Å². The number of benzene rings is 2. The lowest BCUT2D eigenvalue weighted by atomic mass is 10.1. The number of halogens is 1. The standard InChI is InChI=1S/C23H21ClN4O3/c1-14-27-19-5-4-10-25-22(19)28(14)20-12-21(31-3)17(11-18(20)24)23(29)26-13-15-6-8-16(30-2)9-7-15/h4-12H,13H2,1-3H3,(H,26,29). The third-order valence-corrected chi connectivity index (χ3v) is 5.25. The van der Waals surface area contributed by atoms with Gasteiger partial charge in [-0.3, -0.25) is 9.36 Å². The van der Waals surface area contributed by atoms with Gasteiger partial charge in [0.2, 0.25) is 0 Å². The number of ether oxygens (including phenoxy) is 2. The van der Waals surface area contributed by atoms with Crippen molar-refractivity contribution in [2.45, 2.75) is 13.5 Å². The number of hydrogen-bond donors (Lipinski definition) is 1. The Morgan fingerprint density at radius 3 is 2.61 bits per heavy atom. The largest absolute Gasteiger partial charge is 0.497 e. The minimum absolute atomic E-state index is 0.286. The quantitative estimate of drug-likeness (QED) is 0.486. The van der Waals surface area contributed by atoms with E-state index in [1.165, 1.54) is 7.11 Å². The van der Waals surface area contributed by atoms with Crippen LogP contribution in [0.4, 0.5) is 0 Å². The molecule has 0 fully saturated rings. The minimum atomic E-state index is -0.286. The average molecular weight is 437 g/mol. The predicted octanol–water partition coefficient (Wildman–Crippen LogP) is 4.33. The van der Waals surface area contributed by atoms with Crippen LogP contribution in [0.2, 0.25) is 5.02 Å². The molecule has 8 heteroatoms. The van der Waals surface area contributed by atoms with Gasteiger partial charge < -0.3 is 14.8 Å². The monoisotopic (exact) mass is 436 g/mol. The molecule has 0 aliphatic carbocycles. The fraction of sp³-hybridized carbons (Fsp3) is 0.174. The summed E-state index contributed by atoms with van der Waals surface area (Å²) in [5.74, 6) is 1.61. The Balaban J connectivity index is 1.64. The molecule has 4 aromatic rings. The van der Waals surface area contributed by atoms with Crippen LogP contribution in [0.5, 0.6) is 11.5 Å². The van der Waals surface area contributed by atoms with Crippen molar-refractivity contribution in [3.05, 3.63) is 76.7 Å². The van der Waals surface area contributed by atoms with Crippen LogP contribution in [-0.2, 0) is 6.54 Å². The second-order valence-electron chi connectivity index (χ2n) is 6.88. The maximum atomic E-state index is 12.8. The highest BCUT2D eigenvalue weighted by atomic mass is 35.5. The summed E-state index contributed by atoms with van der Waals surface area (Å²) in [5, 5.41) is 3.29. The summed E-state index contributed by atoms with van der Waals surface area (Å²) in [4.78, 5) is 21.8. The number of methoxy groups -OCH3 is 2. The zero-order valence-electron chi connectivity index (χ0n) is 17.3. The van der Waals surface area contributed by atoms with Crippen molar-refractivity contribution in [1.29, 1.82) is 0 Å². The second kappa shape index (κ2) is 8.65. The highest BCUT2D eigenvalue weighted by Gasteiger charge is 2.19. The van der Waals surface area contributed by atoms with E-state index in [-0.39, 0.29) is 5.91 Å². The fourth-order valence-corrected chi connectivity index (χ4v) is 3.64. The summed E-state index contributed by atoms with van der Waals surface area (Å²) in [6, 6.07) is 14.5. The summed E-state index contributed by atoms with van der Waals surface area (Å²) in [6.07, 6.45) is 1.70. The van der Waals surface area contributed by atoms with Crippen molar-refractivity contribution >= 4 is 28.7 Å². The topological polar surface area (TPSA) is 78.3 Å². The number of carbonyl (C=O) groups is 1. The van der Waals surface area contributed by atoms with Gasteiger partial charge >= 0.3 is 0 Å². The Labute approximate surface area is 184 Å². The van der Waals surface area contributed by atoms with Gasteiger partial charge in [-0.25, -0.2) is 9.97 Å². The van der Waals surface area contributed by atoms with Gasteiger partial charge in [-0.15, -0.1) is 0 Å². The Bertz CT molecular complexity index is 1250. The zero-order valence-corrected chi connectivity index (χ0v) is 18.1. The molecule has 0 saturated heterocycles. The molecule has 0 unspecified atom stereocenters. The van der Waals surface area contributed by atoms with E-state index >= 15 is 0 Å². The molecule has 0 spiro atoms. The van der Waals surface area contributed by atoms with Crippen molar-refractivity contribution in [1.82, 2.24) is 19.9 Å². The summed E-state index contributed by atoms with van der Waals surface area (Å²) in [5.41, 5.74) is 3.38. The number of pyridine rings is 1. The van der Waals surface area contributed by atoms with Crippen LogP contribution in [0.25, 0.3) is 16.9 Å². The predicted molar refractivity (Wildman–Crippen MR) is 119 cm³/mol. The number of amides is 1. The first-order valence-electron chi connectivity index (χ1n) is 9.61. The summed E-state index contributed by atoms with van der Waals surface area (Å²) >= 11 is 6.59. The van der Waals surface area contributed by atoms with Gasteiger partial charge in [0.15, 0.2) is 5.65 Å². The molecule has 7 nitrogen and oxygen atoms in total. The number of carbonyl (C=O) groups excluding carboxylic acids is 1. The number of aryl methyl sites for hydroxylation is 1. The van der Waals surface area contributed by atoms with E-state index in [1.807, 2.05) is 47.9 Å². The molecule has 1 N–H and O–H groups in total. The third kappa shape index (κ3) is 4.04. The van der Waals surface area contributed by atoms with Gasteiger partial charge in [0.25, 0.3) is 5.91 Å². The molecule has 0 aliphatic heterocycles. The molecule has 2 heterocycles. The highest BCUT2D eigenvalue weighted by molar-refractivity contribution is 6.33. The number of hydrogen-bond acceptors (Lipinski definition) is 5. The number of nitrogens with zero attached hydrogens (tertiary/aromatic N) is 3. The molecule has 0 atom stereocenters. The lowest BCUT2D eigenvalue weighted by molar-refractivity contribution is 0.0948. The van der Waals surface area contributed by atoms with Crippen molar-refractivity contribution in [3.8, 4) is 17.2 Å². The smallest absolute Gasteiger partial charge is 0.255 e. The van der Waals surface area contributed by atoms with E-state index in [1.54, 1.807) is 25.4 Å². The van der Waals surface area contributed by atoms with Gasteiger partial charge in [-0.05, 0) is 42.8 Å². The number of aromatic nitrogens is 3. The second-order valence-corrected chi connectivity index (χ2v) is 7.28. The van der Waals surface area contributed by atoms with Gasteiger partial charge in [0.1, 0.15) is 22.8 Å². The molecule has 2 aromatic heterocycles. The van der Waals surface area contributed by atoms with E-state index < -0.39 is 0 Å². The Hall–Kier alpha value is -3.58. The summed E-state index contributed by atoms with van der Waals surface area (Å²) in [6.45, 7) is 2.24. The van der Waals surface area contributed by atoms with Crippen molar-refractivity contribution < 1.29 is 14.3 Å². The van der Waals surface area contributed by atoms with Crippen LogP contribution in [0.1, 0.15) is 21.7 Å². The molecular weight excluding hydrogens is 416 g/mol. The highest BCUT2D eigenvalue weighted by Crippen LogP contribution is 2.32. The molecule has 2 aromatic carbocycles. The Morgan fingerprint density at radius 1 is 1.13 bits per heavy atom. The Kier molecular flexibility index (Phi) is 5.77. The SMILES string of the molecule is COc1ccc(CNC(=O)c2cc(Cl)c(-n3c(C)nc4cccnc43)cc2OC)cc1. The van der Waals surface area contributed by atoms with Crippen molar-refractivity contribution in [2.24, 2.45) is 0 Å². The summed E-state index contributed by atoms with van der Waals surface area (Å²) < 4.78 is 12.5. The molecule has 4 rings (SSSR count). The van der Waals surface area contributed by atoms with Crippen molar-refractivity contribution in [2.75, 3.05) is 14.2 Å². The maximum absolute atomic E-state index is 12.8. The molecule has 0 bridgehead atoms. The van der Waals surface area contributed by atoms with E-state index in [0.717, 1.165) is 22.7 Å². The third-order valence-electron chi connectivity index (χ3n) is 4.95. The number of fused-ring (bicyclic) bond motifs is 1. The number of imidazole rings is 1. The van der Waals surface area contributed by atoms with Crippen LogP contribution in [0.3, 0.4) is 0 Å². The molecule has 0 radical (unpaired) electrons. The van der Waals surface area contributed by atoms with Crippen LogP contribution in [-0.4, -0.2) is 34.7 Å². The minimum Gasteiger partial charge on any atom is -0.497 e. The van der Waals surface area contributed by atoms with Gasteiger partial charge in [-0.1, -0.05) is 23.7 Å². The van der Waals surface area contributed by atoms with E-state index in [4.69, 9.17) is 21.1 Å². The average Bonchev–Trinajstić information content (AvgIpc) is 3.13. The first-order chi connectivity index (χ1) is 15.0. The molecule has 1 amide bonds. The first-order valence-corrected chi connectivity index (χ1v) is 9.98. The van der Waals surface area contributed by atoms with Gasteiger partial charge in [0.05, 0.1) is 30.5 Å². The van der Waals surface area contributed by atoms with Crippen LogP contribution < -0.4 is 14.8 Å². The fourth-order valence-electron chi connectivity index (χ4n) is 3.40. The molecule has 158 valence electrons. The van der Waals surface area contributed by atoms with Crippen molar-refractivity contribution in [3.63, 3.8) is 0 Å². The van der Waals surface area contributed by atoms with Gasteiger partial charge in [-0.2, -0.15) is 0 Å². The van der Waals surface area contributed by atoms with E-state index in [9.17, 15) is 4.79 Å². The zero-order chi connectivity index (χ0) is 22.0. The molecule has 0 aliphatic rings. The van der Waals surface area contributed by atoms with E-state index in [0.29, 0.717) is 34.2 Å². The Morgan fingerprint density at radius 2 is 1.90 bits per heavy atom. The molecule has 31 heavy (non-hydrogen) atoms.